The Morgan fingerprint density at radius 1 is 1.07 bits per heavy atom. The van der Waals surface area contributed by atoms with E-state index in [1.165, 1.54) is 18.4 Å². The molecule has 0 bridgehead atoms. The third-order valence-corrected chi connectivity index (χ3v) is 5.78. The molecule has 0 atom stereocenters. The van der Waals surface area contributed by atoms with E-state index in [0.29, 0.717) is 17.9 Å². The first kappa shape index (κ1) is 19.8. The van der Waals surface area contributed by atoms with Crippen LogP contribution in [0.3, 0.4) is 0 Å². The molecule has 4 aromatic rings. The topological polar surface area (TPSA) is 68.3 Å². The van der Waals surface area contributed by atoms with Crippen LogP contribution < -0.4 is 10.1 Å². The van der Waals surface area contributed by atoms with E-state index in [1.54, 1.807) is 12.1 Å². The molecule has 0 aliphatic carbocycles. The summed E-state index contributed by atoms with van der Waals surface area (Å²) in [6.45, 7) is 0.340. The zero-order valence-corrected chi connectivity index (χ0v) is 17.2. The number of fused-ring (bicyclic) bond motifs is 1. The van der Waals surface area contributed by atoms with Crippen molar-refractivity contribution < 1.29 is 14.3 Å². The van der Waals surface area contributed by atoms with Gasteiger partial charge in [0, 0.05) is 6.54 Å². The van der Waals surface area contributed by atoms with Crippen LogP contribution in [0.5, 0.6) is 5.75 Å². The number of amides is 1. The van der Waals surface area contributed by atoms with E-state index in [2.05, 4.69) is 34.6 Å². The number of thiazole rings is 1. The van der Waals surface area contributed by atoms with Crippen LogP contribution in [0.15, 0.2) is 66.7 Å². The second-order valence-electron chi connectivity index (χ2n) is 6.80. The van der Waals surface area contributed by atoms with Gasteiger partial charge in [0.1, 0.15) is 10.8 Å². The molecule has 3 aromatic carbocycles. The van der Waals surface area contributed by atoms with Crippen molar-refractivity contribution in [2.75, 3.05) is 7.11 Å². The predicted molar refractivity (Wildman–Crippen MR) is 119 cm³/mol. The maximum Gasteiger partial charge on any atom is 0.227 e. The highest BCUT2D eigenvalue weighted by molar-refractivity contribution is 7.18. The van der Waals surface area contributed by atoms with E-state index in [4.69, 9.17) is 4.74 Å². The van der Waals surface area contributed by atoms with Gasteiger partial charge < -0.3 is 10.1 Å². The van der Waals surface area contributed by atoms with Gasteiger partial charge in [0.15, 0.2) is 6.29 Å². The quantitative estimate of drug-likeness (QED) is 0.446. The maximum atomic E-state index is 12.4. The molecule has 0 unspecified atom stereocenters. The van der Waals surface area contributed by atoms with Crippen LogP contribution in [0.1, 0.15) is 20.9 Å². The van der Waals surface area contributed by atoms with E-state index in [0.717, 1.165) is 38.2 Å². The van der Waals surface area contributed by atoms with Gasteiger partial charge in [-0.15, -0.1) is 11.3 Å². The average Bonchev–Trinajstić information content (AvgIpc) is 3.19. The number of methoxy groups -OCH3 is 1. The standard InChI is InChI=1S/C24H20N2O3S/c1-29-21-10-7-16(11-19(21)15-27)14-25-23(28)13-24-26-20-9-8-18(12-22(20)30-24)17-5-3-2-4-6-17/h2-12,15H,13-14H2,1H3,(H,25,28). The molecule has 5 nitrogen and oxygen atoms in total. The number of nitrogens with zero attached hydrogens (tertiary/aromatic N) is 1. The van der Waals surface area contributed by atoms with Gasteiger partial charge in [-0.3, -0.25) is 9.59 Å². The van der Waals surface area contributed by atoms with Crippen molar-refractivity contribution in [3.05, 3.63) is 82.9 Å². The molecule has 6 heteroatoms. The molecular formula is C24H20N2O3S. The Balaban J connectivity index is 1.42. The Hall–Kier alpha value is -3.51. The first-order valence-corrected chi connectivity index (χ1v) is 10.3. The van der Waals surface area contributed by atoms with Crippen LogP contribution in [-0.4, -0.2) is 24.3 Å². The Labute approximate surface area is 178 Å². The molecule has 0 saturated heterocycles. The molecular weight excluding hydrogens is 396 g/mol. The van der Waals surface area contributed by atoms with Gasteiger partial charge in [-0.2, -0.15) is 0 Å². The summed E-state index contributed by atoms with van der Waals surface area (Å²) in [5, 5.41) is 3.66. The van der Waals surface area contributed by atoms with Crippen molar-refractivity contribution in [2.24, 2.45) is 0 Å². The number of aldehydes is 1. The summed E-state index contributed by atoms with van der Waals surface area (Å²) in [6, 6.07) is 21.6. The Kier molecular flexibility index (Phi) is 5.86. The number of rotatable bonds is 7. The number of hydrogen-bond donors (Lipinski definition) is 1. The molecule has 0 saturated carbocycles. The first-order chi connectivity index (χ1) is 14.7. The highest BCUT2D eigenvalue weighted by Crippen LogP contribution is 2.28. The minimum Gasteiger partial charge on any atom is -0.496 e. The summed E-state index contributed by atoms with van der Waals surface area (Å²) in [5.41, 5.74) is 4.48. The van der Waals surface area contributed by atoms with Crippen molar-refractivity contribution in [3.63, 3.8) is 0 Å². The summed E-state index contributed by atoms with van der Waals surface area (Å²) in [4.78, 5) is 28.1. The van der Waals surface area contributed by atoms with Gasteiger partial charge in [-0.25, -0.2) is 4.98 Å². The minimum absolute atomic E-state index is 0.110. The number of hydrogen-bond acceptors (Lipinski definition) is 5. The molecule has 30 heavy (non-hydrogen) atoms. The fourth-order valence-electron chi connectivity index (χ4n) is 3.24. The zero-order valence-electron chi connectivity index (χ0n) is 16.4. The molecule has 1 amide bonds. The van der Waals surface area contributed by atoms with Crippen LogP contribution in [0.2, 0.25) is 0 Å². The summed E-state index contributed by atoms with van der Waals surface area (Å²) in [6.07, 6.45) is 0.964. The second kappa shape index (κ2) is 8.88. The lowest BCUT2D eigenvalue weighted by molar-refractivity contribution is -0.120. The summed E-state index contributed by atoms with van der Waals surface area (Å²) < 4.78 is 6.20. The average molecular weight is 417 g/mol. The van der Waals surface area contributed by atoms with Gasteiger partial charge in [0.05, 0.1) is 29.3 Å². The summed E-state index contributed by atoms with van der Waals surface area (Å²) >= 11 is 1.53. The highest BCUT2D eigenvalue weighted by atomic mass is 32.1. The van der Waals surface area contributed by atoms with Gasteiger partial charge in [0.2, 0.25) is 5.91 Å². The molecule has 4 rings (SSSR count). The highest BCUT2D eigenvalue weighted by Gasteiger charge is 2.11. The Morgan fingerprint density at radius 2 is 1.90 bits per heavy atom. The van der Waals surface area contributed by atoms with E-state index < -0.39 is 0 Å². The van der Waals surface area contributed by atoms with Crippen LogP contribution in [0.25, 0.3) is 21.3 Å². The van der Waals surface area contributed by atoms with Gasteiger partial charge in [-0.1, -0.05) is 42.5 Å². The summed E-state index contributed by atoms with van der Waals surface area (Å²) in [7, 11) is 1.52. The lowest BCUT2D eigenvalue weighted by Crippen LogP contribution is -2.24. The molecule has 0 aliphatic heterocycles. The van der Waals surface area contributed by atoms with Crippen molar-refractivity contribution in [2.45, 2.75) is 13.0 Å². The Bertz CT molecular complexity index is 1200. The monoisotopic (exact) mass is 416 g/mol. The SMILES string of the molecule is COc1ccc(CNC(=O)Cc2nc3ccc(-c4ccccc4)cc3s2)cc1C=O. The van der Waals surface area contributed by atoms with Gasteiger partial charge in [-0.05, 0) is 41.0 Å². The number of ether oxygens (including phenoxy) is 1. The number of aromatic nitrogens is 1. The third kappa shape index (κ3) is 4.39. The van der Waals surface area contributed by atoms with E-state index in [1.807, 2.05) is 30.3 Å². The van der Waals surface area contributed by atoms with Crippen LogP contribution in [0.4, 0.5) is 0 Å². The smallest absolute Gasteiger partial charge is 0.227 e. The number of carbonyl (C=O) groups is 2. The Morgan fingerprint density at radius 3 is 2.67 bits per heavy atom. The van der Waals surface area contributed by atoms with Crippen LogP contribution >= 0.6 is 11.3 Å². The minimum atomic E-state index is -0.110. The molecule has 0 spiro atoms. The van der Waals surface area contributed by atoms with Crippen molar-refractivity contribution in [3.8, 4) is 16.9 Å². The largest absolute Gasteiger partial charge is 0.496 e. The molecule has 150 valence electrons. The number of nitrogens with one attached hydrogen (secondary N) is 1. The van der Waals surface area contributed by atoms with Gasteiger partial charge >= 0.3 is 0 Å². The zero-order chi connectivity index (χ0) is 20.9. The summed E-state index contributed by atoms with van der Waals surface area (Å²) in [5.74, 6) is 0.408. The molecule has 0 radical (unpaired) electrons. The number of benzene rings is 3. The molecule has 0 aliphatic rings. The normalized spacial score (nSPS) is 10.7. The fourth-order valence-corrected chi connectivity index (χ4v) is 4.25. The third-order valence-electron chi connectivity index (χ3n) is 4.76. The molecule has 1 aromatic heterocycles. The lowest BCUT2D eigenvalue weighted by atomic mass is 10.1. The van der Waals surface area contributed by atoms with Crippen molar-refractivity contribution >= 4 is 33.7 Å². The maximum absolute atomic E-state index is 12.4. The first-order valence-electron chi connectivity index (χ1n) is 9.50. The molecule has 1 N–H and O–H groups in total. The van der Waals surface area contributed by atoms with Crippen molar-refractivity contribution in [1.29, 1.82) is 0 Å². The van der Waals surface area contributed by atoms with E-state index in [-0.39, 0.29) is 12.3 Å². The van der Waals surface area contributed by atoms with Crippen LogP contribution in [0, 0.1) is 0 Å². The molecule has 1 heterocycles. The second-order valence-corrected chi connectivity index (χ2v) is 7.92. The van der Waals surface area contributed by atoms with Gasteiger partial charge in [0.25, 0.3) is 0 Å². The molecule has 0 fully saturated rings. The van der Waals surface area contributed by atoms with Crippen molar-refractivity contribution in [1.82, 2.24) is 10.3 Å². The lowest BCUT2D eigenvalue weighted by Gasteiger charge is -2.07. The fraction of sp³-hybridized carbons (Fsp3) is 0.125. The predicted octanol–water partition coefficient (Wildman–Crippen LogP) is 4.64. The van der Waals surface area contributed by atoms with Crippen LogP contribution in [-0.2, 0) is 17.8 Å². The number of carbonyl (C=O) groups excluding carboxylic acids is 2. The van der Waals surface area contributed by atoms with E-state index in [9.17, 15) is 9.59 Å². The van der Waals surface area contributed by atoms with E-state index >= 15 is 0 Å².